The monoisotopic (exact) mass is 242 g/mol. The van der Waals surface area contributed by atoms with Crippen molar-refractivity contribution in [1.82, 2.24) is 10.3 Å². The van der Waals surface area contributed by atoms with Crippen molar-refractivity contribution < 1.29 is 4.74 Å². The van der Waals surface area contributed by atoms with Gasteiger partial charge in [-0.2, -0.15) is 0 Å². The van der Waals surface area contributed by atoms with Crippen LogP contribution in [0.5, 0.6) is 0 Å². The third-order valence-corrected chi connectivity index (χ3v) is 2.43. The lowest BCUT2D eigenvalue weighted by Crippen LogP contribution is -2.45. The Morgan fingerprint density at radius 3 is 3.00 bits per heavy atom. The van der Waals surface area contributed by atoms with Crippen LogP contribution in [0.3, 0.4) is 0 Å². The minimum atomic E-state index is 0.527. The minimum absolute atomic E-state index is 0.527. The topological polar surface area (TPSA) is 34.2 Å². The Labute approximate surface area is 85.6 Å². The number of ether oxygens (including phenoxy) is 1. The Bertz CT molecular complexity index is 289. The molecule has 0 aromatic carbocycles. The number of nitrogens with one attached hydrogen (secondary N) is 1. The van der Waals surface area contributed by atoms with Gasteiger partial charge in [-0.05, 0) is 27.6 Å². The maximum Gasteiger partial charge on any atom is 0.0643 e. The summed E-state index contributed by atoms with van der Waals surface area (Å²) in [6.45, 7) is 2.53. The molecule has 1 aliphatic heterocycles. The molecule has 1 aliphatic rings. The summed E-state index contributed by atoms with van der Waals surface area (Å²) >= 11 is 3.39. The SMILES string of the molecule is Brc1cncc(CNC2COC2)c1. The summed E-state index contributed by atoms with van der Waals surface area (Å²) in [5.74, 6) is 0. The van der Waals surface area contributed by atoms with Crippen LogP contribution in [0.1, 0.15) is 5.56 Å². The lowest BCUT2D eigenvalue weighted by molar-refractivity contribution is -0.00579. The Morgan fingerprint density at radius 1 is 1.54 bits per heavy atom. The van der Waals surface area contributed by atoms with Crippen LogP contribution in [0, 0.1) is 0 Å². The molecule has 1 fully saturated rings. The van der Waals surface area contributed by atoms with Crippen LogP contribution in [0.25, 0.3) is 0 Å². The molecule has 0 radical (unpaired) electrons. The van der Waals surface area contributed by atoms with Crippen LogP contribution in [0.2, 0.25) is 0 Å². The summed E-state index contributed by atoms with van der Waals surface area (Å²) in [6.07, 6.45) is 3.66. The second-order valence-corrected chi connectivity index (χ2v) is 4.04. The molecule has 1 aromatic heterocycles. The van der Waals surface area contributed by atoms with Crippen LogP contribution < -0.4 is 5.32 Å². The van der Waals surface area contributed by atoms with E-state index in [0.29, 0.717) is 6.04 Å². The average Bonchev–Trinajstić information content (AvgIpc) is 2.01. The highest BCUT2D eigenvalue weighted by molar-refractivity contribution is 9.10. The lowest BCUT2D eigenvalue weighted by atomic mass is 10.2. The molecule has 4 heteroatoms. The molecule has 0 spiro atoms. The van der Waals surface area contributed by atoms with E-state index in [-0.39, 0.29) is 0 Å². The predicted octanol–water partition coefficient (Wildman–Crippen LogP) is 1.33. The molecule has 0 aliphatic carbocycles. The predicted molar refractivity (Wildman–Crippen MR) is 53.4 cm³/mol. The standard InChI is InChI=1S/C9H11BrN2O/c10-8-1-7(2-11-4-8)3-12-9-5-13-6-9/h1-2,4,9,12H,3,5-6H2. The number of hydrogen-bond acceptors (Lipinski definition) is 3. The van der Waals surface area contributed by atoms with Crippen LogP contribution in [0.15, 0.2) is 22.9 Å². The van der Waals surface area contributed by atoms with E-state index in [1.165, 1.54) is 5.56 Å². The zero-order valence-electron chi connectivity index (χ0n) is 7.16. The van der Waals surface area contributed by atoms with Crippen molar-refractivity contribution in [2.45, 2.75) is 12.6 Å². The van der Waals surface area contributed by atoms with Crippen molar-refractivity contribution in [3.8, 4) is 0 Å². The molecule has 0 bridgehead atoms. The molecule has 2 heterocycles. The van der Waals surface area contributed by atoms with E-state index in [1.807, 2.05) is 6.20 Å². The third-order valence-electron chi connectivity index (χ3n) is 1.99. The van der Waals surface area contributed by atoms with Gasteiger partial charge in [-0.3, -0.25) is 4.98 Å². The highest BCUT2D eigenvalue weighted by Crippen LogP contribution is 2.10. The van der Waals surface area contributed by atoms with E-state index in [4.69, 9.17) is 4.74 Å². The lowest BCUT2D eigenvalue weighted by Gasteiger charge is -2.26. The smallest absolute Gasteiger partial charge is 0.0643 e. The average molecular weight is 243 g/mol. The maximum atomic E-state index is 5.06. The molecule has 3 nitrogen and oxygen atoms in total. The van der Waals surface area contributed by atoms with Crippen LogP contribution in [-0.4, -0.2) is 24.2 Å². The van der Waals surface area contributed by atoms with Gasteiger partial charge in [0.1, 0.15) is 0 Å². The summed E-state index contributed by atoms with van der Waals surface area (Å²) in [5, 5.41) is 3.38. The molecule has 0 unspecified atom stereocenters. The van der Waals surface area contributed by atoms with E-state index in [0.717, 1.165) is 24.2 Å². The number of halogens is 1. The fourth-order valence-corrected chi connectivity index (χ4v) is 1.58. The van der Waals surface area contributed by atoms with Crippen molar-refractivity contribution in [3.05, 3.63) is 28.5 Å². The number of nitrogens with zero attached hydrogens (tertiary/aromatic N) is 1. The first kappa shape index (κ1) is 9.12. The molecular weight excluding hydrogens is 232 g/mol. The Kier molecular flexibility index (Phi) is 2.93. The molecule has 70 valence electrons. The first-order chi connectivity index (χ1) is 6.34. The van der Waals surface area contributed by atoms with Crippen molar-refractivity contribution >= 4 is 15.9 Å². The summed E-state index contributed by atoms with van der Waals surface area (Å²) in [4.78, 5) is 4.09. The van der Waals surface area contributed by atoms with Crippen LogP contribution in [0.4, 0.5) is 0 Å². The van der Waals surface area contributed by atoms with Gasteiger partial charge in [-0.1, -0.05) is 0 Å². The first-order valence-electron chi connectivity index (χ1n) is 4.25. The largest absolute Gasteiger partial charge is 0.378 e. The van der Waals surface area contributed by atoms with Gasteiger partial charge >= 0.3 is 0 Å². The van der Waals surface area contributed by atoms with Crippen LogP contribution >= 0.6 is 15.9 Å². The molecule has 1 N–H and O–H groups in total. The molecule has 1 aromatic rings. The van der Waals surface area contributed by atoms with E-state index >= 15 is 0 Å². The number of aromatic nitrogens is 1. The first-order valence-corrected chi connectivity index (χ1v) is 5.04. The summed E-state index contributed by atoms with van der Waals surface area (Å²) < 4.78 is 6.08. The zero-order valence-corrected chi connectivity index (χ0v) is 8.75. The Morgan fingerprint density at radius 2 is 2.38 bits per heavy atom. The van der Waals surface area contributed by atoms with Gasteiger partial charge in [0, 0.05) is 23.4 Å². The molecule has 1 saturated heterocycles. The third kappa shape index (κ3) is 2.49. The van der Waals surface area contributed by atoms with Gasteiger partial charge in [-0.15, -0.1) is 0 Å². The fraction of sp³-hybridized carbons (Fsp3) is 0.444. The van der Waals surface area contributed by atoms with E-state index in [1.54, 1.807) is 6.20 Å². The molecule has 13 heavy (non-hydrogen) atoms. The molecule has 0 saturated carbocycles. The summed E-state index contributed by atoms with van der Waals surface area (Å²) in [6, 6.07) is 2.60. The quantitative estimate of drug-likeness (QED) is 0.869. The minimum Gasteiger partial charge on any atom is -0.378 e. The Balaban J connectivity index is 1.86. The van der Waals surface area contributed by atoms with Crippen molar-refractivity contribution in [2.75, 3.05) is 13.2 Å². The second kappa shape index (κ2) is 4.17. The van der Waals surface area contributed by atoms with Gasteiger partial charge in [0.25, 0.3) is 0 Å². The molecular formula is C9H11BrN2O. The Hall–Kier alpha value is -0.450. The van der Waals surface area contributed by atoms with Gasteiger partial charge in [0.2, 0.25) is 0 Å². The fourth-order valence-electron chi connectivity index (χ4n) is 1.17. The molecule has 0 atom stereocenters. The van der Waals surface area contributed by atoms with Crippen LogP contribution in [-0.2, 0) is 11.3 Å². The van der Waals surface area contributed by atoms with E-state index < -0.39 is 0 Å². The van der Waals surface area contributed by atoms with Gasteiger partial charge in [-0.25, -0.2) is 0 Å². The number of pyridine rings is 1. The number of hydrogen-bond donors (Lipinski definition) is 1. The van der Waals surface area contributed by atoms with Crippen molar-refractivity contribution in [1.29, 1.82) is 0 Å². The number of rotatable bonds is 3. The highest BCUT2D eigenvalue weighted by atomic mass is 79.9. The van der Waals surface area contributed by atoms with Crippen molar-refractivity contribution in [3.63, 3.8) is 0 Å². The normalized spacial score (nSPS) is 17.0. The highest BCUT2D eigenvalue weighted by Gasteiger charge is 2.16. The van der Waals surface area contributed by atoms with E-state index in [2.05, 4.69) is 32.3 Å². The van der Waals surface area contributed by atoms with E-state index in [9.17, 15) is 0 Å². The maximum absolute atomic E-state index is 5.06. The van der Waals surface area contributed by atoms with Crippen molar-refractivity contribution in [2.24, 2.45) is 0 Å². The zero-order chi connectivity index (χ0) is 9.10. The summed E-state index contributed by atoms with van der Waals surface area (Å²) in [7, 11) is 0. The van der Waals surface area contributed by atoms with Gasteiger partial charge in [0.15, 0.2) is 0 Å². The van der Waals surface area contributed by atoms with Gasteiger partial charge < -0.3 is 10.1 Å². The summed E-state index contributed by atoms with van der Waals surface area (Å²) in [5.41, 5.74) is 1.20. The molecule has 2 rings (SSSR count). The van der Waals surface area contributed by atoms with Gasteiger partial charge in [0.05, 0.1) is 19.3 Å². The molecule has 0 amide bonds. The second-order valence-electron chi connectivity index (χ2n) is 3.13.